The third-order valence-corrected chi connectivity index (χ3v) is 6.40. The Bertz CT molecular complexity index is 1180. The molecule has 1 fully saturated rings. The zero-order valence-electron chi connectivity index (χ0n) is 19.7. The molecule has 1 saturated heterocycles. The third kappa shape index (κ3) is 5.85. The van der Waals surface area contributed by atoms with Crippen LogP contribution in [0.25, 0.3) is 0 Å². The van der Waals surface area contributed by atoms with Crippen LogP contribution in [0.3, 0.4) is 0 Å². The van der Waals surface area contributed by atoms with Gasteiger partial charge in [-0.2, -0.15) is 5.26 Å². The van der Waals surface area contributed by atoms with Gasteiger partial charge in [0.05, 0.1) is 18.2 Å². The molecule has 35 heavy (non-hydrogen) atoms. The number of hydrazine groups is 1. The van der Waals surface area contributed by atoms with Gasteiger partial charge in [0.25, 0.3) is 5.91 Å². The standard InChI is InChI=1S/C28H29N5O2/c1-28(17-10-18-29)16-9-8-15-24(28)31-25-19-23(21-11-4-2-5-12-21)33(32-25)27(35)20-26(34)30-22-13-6-3-7-14-22/h2-9,11-16,23-24H,10,17,19-20H2,1H3,(H,30,34)(H,31,32). The quantitative estimate of drug-likeness (QED) is 0.577. The van der Waals surface area contributed by atoms with Gasteiger partial charge in [-0.15, -0.1) is 0 Å². The Labute approximate surface area is 205 Å². The molecule has 1 heterocycles. The highest BCUT2D eigenvalue weighted by Crippen LogP contribution is 2.36. The molecule has 0 bridgehead atoms. The average molecular weight is 468 g/mol. The number of carbonyl (C=O) groups is 2. The number of anilines is 1. The molecule has 3 atom stereocenters. The first-order valence-electron chi connectivity index (χ1n) is 11.8. The van der Waals surface area contributed by atoms with E-state index in [9.17, 15) is 9.59 Å². The molecule has 2 aliphatic rings. The van der Waals surface area contributed by atoms with Crippen LogP contribution in [-0.2, 0) is 9.59 Å². The summed E-state index contributed by atoms with van der Waals surface area (Å²) in [6.07, 6.45) is 9.44. The van der Waals surface area contributed by atoms with Crippen molar-refractivity contribution in [3.63, 3.8) is 0 Å². The topological polar surface area (TPSA) is 97.6 Å². The van der Waals surface area contributed by atoms with E-state index < -0.39 is 0 Å². The number of amidine groups is 1. The van der Waals surface area contributed by atoms with Crippen molar-refractivity contribution in [2.45, 2.75) is 44.7 Å². The Kier molecular flexibility index (Phi) is 7.41. The molecular formula is C28H29N5O2. The summed E-state index contributed by atoms with van der Waals surface area (Å²) in [5.41, 5.74) is 4.51. The van der Waals surface area contributed by atoms with Crippen LogP contribution < -0.4 is 10.7 Å². The average Bonchev–Trinajstić information content (AvgIpc) is 3.29. The number of para-hydroxylation sites is 1. The van der Waals surface area contributed by atoms with Crippen molar-refractivity contribution in [3.8, 4) is 6.07 Å². The normalized spacial score (nSPS) is 24.1. The fourth-order valence-corrected chi connectivity index (χ4v) is 4.42. The Balaban J connectivity index is 1.53. The van der Waals surface area contributed by atoms with E-state index in [2.05, 4.69) is 29.8 Å². The fourth-order valence-electron chi connectivity index (χ4n) is 4.42. The predicted octanol–water partition coefficient (Wildman–Crippen LogP) is 4.70. The highest BCUT2D eigenvalue weighted by atomic mass is 16.2. The zero-order valence-corrected chi connectivity index (χ0v) is 19.7. The number of nitrogens with one attached hydrogen (secondary N) is 2. The van der Waals surface area contributed by atoms with Crippen LogP contribution in [0.2, 0.25) is 0 Å². The molecule has 1 aliphatic carbocycles. The number of allylic oxidation sites excluding steroid dienone is 2. The van der Waals surface area contributed by atoms with Gasteiger partial charge in [0.1, 0.15) is 12.3 Å². The minimum atomic E-state index is -0.371. The first-order valence-corrected chi connectivity index (χ1v) is 11.8. The van der Waals surface area contributed by atoms with Crippen LogP contribution in [0, 0.1) is 16.7 Å². The van der Waals surface area contributed by atoms with Crippen molar-refractivity contribution in [3.05, 3.63) is 90.5 Å². The first-order chi connectivity index (χ1) is 17.0. The molecule has 1 aliphatic heterocycles. The number of benzene rings is 2. The van der Waals surface area contributed by atoms with Gasteiger partial charge in [-0.25, -0.2) is 5.01 Å². The van der Waals surface area contributed by atoms with Gasteiger partial charge in [-0.3, -0.25) is 20.0 Å². The SMILES string of the molecule is CC1(CCC#N)C=CC=CC1N=C1CC(c2ccccc2)N(C(=O)CC(=O)Nc2ccccc2)N1. The number of amides is 2. The van der Waals surface area contributed by atoms with E-state index in [1.54, 1.807) is 12.1 Å². The Morgan fingerprint density at radius 2 is 1.86 bits per heavy atom. The number of hydrogen-bond acceptors (Lipinski definition) is 4. The summed E-state index contributed by atoms with van der Waals surface area (Å²) in [4.78, 5) is 30.7. The van der Waals surface area contributed by atoms with Gasteiger partial charge in [-0.1, -0.05) is 79.8 Å². The van der Waals surface area contributed by atoms with Gasteiger partial charge in [-0.05, 0) is 24.1 Å². The summed E-state index contributed by atoms with van der Waals surface area (Å²) in [5.74, 6) is -0.0164. The summed E-state index contributed by atoms with van der Waals surface area (Å²) in [7, 11) is 0. The van der Waals surface area contributed by atoms with Crippen molar-refractivity contribution in [2.24, 2.45) is 10.4 Å². The molecule has 0 saturated carbocycles. The molecule has 2 amide bonds. The maximum Gasteiger partial charge on any atom is 0.250 e. The third-order valence-electron chi connectivity index (χ3n) is 6.40. The minimum absolute atomic E-state index is 0.156. The van der Waals surface area contributed by atoms with Crippen LogP contribution in [0.5, 0.6) is 0 Å². The number of carbonyl (C=O) groups excluding carboxylic acids is 2. The molecule has 2 aromatic carbocycles. The van der Waals surface area contributed by atoms with Gasteiger partial charge in [0, 0.05) is 23.9 Å². The highest BCUT2D eigenvalue weighted by Gasteiger charge is 2.37. The van der Waals surface area contributed by atoms with Gasteiger partial charge >= 0.3 is 0 Å². The highest BCUT2D eigenvalue weighted by molar-refractivity contribution is 6.04. The molecule has 178 valence electrons. The summed E-state index contributed by atoms with van der Waals surface area (Å²) in [5, 5.41) is 13.4. The number of hydrogen-bond donors (Lipinski definition) is 2. The molecule has 7 nitrogen and oxygen atoms in total. The van der Waals surface area contributed by atoms with E-state index in [4.69, 9.17) is 10.3 Å². The van der Waals surface area contributed by atoms with Crippen LogP contribution >= 0.6 is 0 Å². The van der Waals surface area contributed by atoms with Crippen molar-refractivity contribution < 1.29 is 9.59 Å². The largest absolute Gasteiger partial charge is 0.326 e. The van der Waals surface area contributed by atoms with E-state index >= 15 is 0 Å². The summed E-state index contributed by atoms with van der Waals surface area (Å²) in [6.45, 7) is 2.10. The lowest BCUT2D eigenvalue weighted by Crippen LogP contribution is -2.42. The van der Waals surface area contributed by atoms with E-state index in [-0.39, 0.29) is 35.7 Å². The number of rotatable bonds is 7. The zero-order chi connectivity index (χ0) is 24.7. The van der Waals surface area contributed by atoms with E-state index in [1.165, 1.54) is 5.01 Å². The van der Waals surface area contributed by atoms with E-state index in [0.29, 0.717) is 30.8 Å². The summed E-state index contributed by atoms with van der Waals surface area (Å²) < 4.78 is 0. The Morgan fingerprint density at radius 3 is 2.57 bits per heavy atom. The van der Waals surface area contributed by atoms with Crippen LogP contribution in [-0.4, -0.2) is 28.7 Å². The van der Waals surface area contributed by atoms with Crippen molar-refractivity contribution in [1.29, 1.82) is 5.26 Å². The molecular weight excluding hydrogens is 438 g/mol. The van der Waals surface area contributed by atoms with Crippen LogP contribution in [0.15, 0.2) is 90.0 Å². The van der Waals surface area contributed by atoms with Crippen molar-refractivity contribution in [1.82, 2.24) is 10.4 Å². The van der Waals surface area contributed by atoms with Gasteiger partial charge in [0.2, 0.25) is 5.91 Å². The second-order valence-corrected chi connectivity index (χ2v) is 9.03. The fraction of sp³-hybridized carbons (Fsp3) is 0.286. The lowest BCUT2D eigenvalue weighted by atomic mass is 9.76. The number of nitriles is 1. The van der Waals surface area contributed by atoms with Gasteiger partial charge in [0.15, 0.2) is 0 Å². The maximum absolute atomic E-state index is 13.2. The second-order valence-electron chi connectivity index (χ2n) is 9.03. The Morgan fingerprint density at radius 1 is 1.14 bits per heavy atom. The van der Waals surface area contributed by atoms with E-state index in [0.717, 1.165) is 5.56 Å². The van der Waals surface area contributed by atoms with Crippen molar-refractivity contribution >= 4 is 23.3 Å². The van der Waals surface area contributed by atoms with Crippen LogP contribution in [0.1, 0.15) is 44.2 Å². The Hall–Kier alpha value is -4.18. The molecule has 4 rings (SSSR count). The van der Waals surface area contributed by atoms with E-state index in [1.807, 2.05) is 66.8 Å². The summed E-state index contributed by atoms with van der Waals surface area (Å²) in [6, 6.07) is 20.6. The first kappa shape index (κ1) is 24.0. The molecule has 0 radical (unpaired) electrons. The number of nitrogens with zero attached hydrogens (tertiary/aromatic N) is 3. The molecule has 3 unspecified atom stereocenters. The minimum Gasteiger partial charge on any atom is -0.326 e. The lowest BCUT2D eigenvalue weighted by molar-refractivity contribution is -0.137. The predicted molar refractivity (Wildman–Crippen MR) is 136 cm³/mol. The molecule has 2 aromatic rings. The lowest BCUT2D eigenvalue weighted by Gasteiger charge is -2.32. The van der Waals surface area contributed by atoms with Gasteiger partial charge < -0.3 is 5.32 Å². The monoisotopic (exact) mass is 467 g/mol. The smallest absolute Gasteiger partial charge is 0.250 e. The van der Waals surface area contributed by atoms with Crippen molar-refractivity contribution in [2.75, 3.05) is 5.32 Å². The molecule has 0 spiro atoms. The number of aliphatic imine (C=N–C) groups is 1. The molecule has 7 heteroatoms. The maximum atomic E-state index is 13.2. The summed E-state index contributed by atoms with van der Waals surface area (Å²) >= 11 is 0. The molecule has 0 aromatic heterocycles. The van der Waals surface area contributed by atoms with Crippen LogP contribution in [0.4, 0.5) is 5.69 Å². The second kappa shape index (κ2) is 10.8. The molecule has 2 N–H and O–H groups in total.